The largest absolute Gasteiger partial charge is 0.358 e. The van der Waals surface area contributed by atoms with Gasteiger partial charge in [-0.25, -0.2) is 9.37 Å². The number of pyridine rings is 1. The van der Waals surface area contributed by atoms with Crippen molar-refractivity contribution < 1.29 is 4.39 Å². The molecule has 0 fully saturated rings. The first-order chi connectivity index (χ1) is 14.0. The van der Waals surface area contributed by atoms with Crippen LogP contribution in [0.4, 0.5) is 10.2 Å². The Kier molecular flexibility index (Phi) is 5.49. The molecule has 0 saturated heterocycles. The smallest absolute Gasteiger partial charge is 0.152 e. The highest BCUT2D eigenvalue weighted by molar-refractivity contribution is 6.11. The van der Waals surface area contributed by atoms with Crippen LogP contribution in [0.2, 0.25) is 0 Å². The Morgan fingerprint density at radius 3 is 2.41 bits per heavy atom. The van der Waals surface area contributed by atoms with Crippen molar-refractivity contribution in [2.45, 2.75) is 13.0 Å². The highest BCUT2D eigenvalue weighted by Crippen LogP contribution is 2.34. The van der Waals surface area contributed by atoms with Gasteiger partial charge >= 0.3 is 0 Å². The van der Waals surface area contributed by atoms with Crippen molar-refractivity contribution in [1.82, 2.24) is 14.5 Å². The van der Waals surface area contributed by atoms with Gasteiger partial charge in [-0.05, 0) is 56.9 Å². The fraction of sp³-hybridized carbons (Fsp3) is 0.292. The van der Waals surface area contributed by atoms with Crippen molar-refractivity contribution in [3.63, 3.8) is 0 Å². The van der Waals surface area contributed by atoms with E-state index in [0.717, 1.165) is 36.4 Å². The molecular weight excluding hydrogens is 363 g/mol. The van der Waals surface area contributed by atoms with Crippen molar-refractivity contribution in [3.05, 3.63) is 72.2 Å². The number of halogens is 1. The molecule has 0 unspecified atom stereocenters. The van der Waals surface area contributed by atoms with E-state index in [1.807, 2.05) is 18.3 Å². The van der Waals surface area contributed by atoms with Crippen molar-refractivity contribution in [2.24, 2.45) is 0 Å². The van der Waals surface area contributed by atoms with E-state index < -0.39 is 0 Å². The summed E-state index contributed by atoms with van der Waals surface area (Å²) in [6.45, 7) is 2.65. The first-order valence-corrected chi connectivity index (χ1v) is 10.0. The summed E-state index contributed by atoms with van der Waals surface area (Å²) in [5.74, 6) is 0.776. The summed E-state index contributed by atoms with van der Waals surface area (Å²) < 4.78 is 15.7. The van der Waals surface area contributed by atoms with Crippen LogP contribution in [0.5, 0.6) is 0 Å². The molecule has 2 aromatic carbocycles. The van der Waals surface area contributed by atoms with E-state index in [1.54, 1.807) is 0 Å². The molecule has 4 aromatic rings. The number of fused-ring (bicyclic) bond motifs is 3. The van der Waals surface area contributed by atoms with Gasteiger partial charge in [-0.2, -0.15) is 0 Å². The molecule has 150 valence electrons. The first-order valence-electron chi connectivity index (χ1n) is 10.0. The number of para-hydroxylation sites is 1. The maximum absolute atomic E-state index is 13.4. The van der Waals surface area contributed by atoms with Gasteiger partial charge in [0.15, 0.2) is 5.82 Å². The molecule has 0 radical (unpaired) electrons. The minimum atomic E-state index is -0.209. The van der Waals surface area contributed by atoms with E-state index in [-0.39, 0.29) is 5.82 Å². The zero-order valence-corrected chi connectivity index (χ0v) is 17.3. The minimum absolute atomic E-state index is 0.209. The Morgan fingerprint density at radius 1 is 0.897 bits per heavy atom. The predicted molar refractivity (Wildman–Crippen MR) is 119 cm³/mol. The van der Waals surface area contributed by atoms with Crippen LogP contribution in [-0.2, 0) is 6.54 Å². The van der Waals surface area contributed by atoms with Gasteiger partial charge < -0.3 is 14.4 Å². The van der Waals surface area contributed by atoms with E-state index in [0.29, 0.717) is 6.54 Å². The van der Waals surface area contributed by atoms with Gasteiger partial charge in [-0.3, -0.25) is 0 Å². The lowest BCUT2D eigenvalue weighted by Gasteiger charge is -2.21. The van der Waals surface area contributed by atoms with Crippen LogP contribution < -0.4 is 4.90 Å². The summed E-state index contributed by atoms with van der Waals surface area (Å²) in [4.78, 5) is 9.19. The monoisotopic (exact) mass is 390 g/mol. The summed E-state index contributed by atoms with van der Waals surface area (Å²) in [6, 6.07) is 17.3. The number of rotatable bonds is 7. The fourth-order valence-corrected chi connectivity index (χ4v) is 3.93. The second-order valence-electron chi connectivity index (χ2n) is 7.84. The number of anilines is 1. The molecule has 29 heavy (non-hydrogen) atoms. The van der Waals surface area contributed by atoms with Crippen LogP contribution in [0, 0.1) is 5.82 Å². The Bertz CT molecular complexity index is 1120. The first kappa shape index (κ1) is 19.4. The van der Waals surface area contributed by atoms with Crippen LogP contribution in [0.3, 0.4) is 0 Å². The van der Waals surface area contributed by atoms with Crippen molar-refractivity contribution in [3.8, 4) is 0 Å². The topological polar surface area (TPSA) is 24.3 Å². The normalized spacial score (nSPS) is 11.6. The van der Waals surface area contributed by atoms with E-state index in [9.17, 15) is 4.39 Å². The molecule has 0 aliphatic heterocycles. The Morgan fingerprint density at radius 2 is 1.66 bits per heavy atom. The maximum Gasteiger partial charge on any atom is 0.152 e. The van der Waals surface area contributed by atoms with Gasteiger partial charge in [-0.1, -0.05) is 30.3 Å². The predicted octanol–water partition coefficient (Wildman–Crippen LogP) is 4.76. The quantitative estimate of drug-likeness (QED) is 0.454. The van der Waals surface area contributed by atoms with Crippen LogP contribution in [-0.4, -0.2) is 48.7 Å². The molecule has 5 heteroatoms. The molecule has 0 aliphatic rings. The van der Waals surface area contributed by atoms with E-state index in [4.69, 9.17) is 4.98 Å². The third-order valence-electron chi connectivity index (χ3n) is 5.37. The number of hydrogen-bond acceptors (Lipinski definition) is 3. The molecule has 2 aromatic heterocycles. The fourth-order valence-electron chi connectivity index (χ4n) is 3.93. The Balaban J connectivity index is 1.82. The second kappa shape index (κ2) is 8.21. The van der Waals surface area contributed by atoms with Crippen LogP contribution in [0.25, 0.3) is 21.8 Å². The van der Waals surface area contributed by atoms with Gasteiger partial charge in [0.25, 0.3) is 0 Å². The lowest BCUT2D eigenvalue weighted by molar-refractivity contribution is 0.401. The minimum Gasteiger partial charge on any atom is -0.358 e. The summed E-state index contributed by atoms with van der Waals surface area (Å²) >= 11 is 0. The van der Waals surface area contributed by atoms with Crippen LogP contribution in [0.1, 0.15) is 12.0 Å². The number of aromatic nitrogens is 2. The average Bonchev–Trinajstić information content (AvgIpc) is 3.03. The molecule has 0 saturated carbocycles. The molecule has 4 rings (SSSR count). The summed E-state index contributed by atoms with van der Waals surface area (Å²) in [5.41, 5.74) is 3.37. The van der Waals surface area contributed by atoms with Crippen molar-refractivity contribution in [1.29, 1.82) is 0 Å². The molecule has 0 spiro atoms. The molecule has 0 amide bonds. The SMILES string of the molecule is CN(C)CCCN(C)c1nccc2c3ccccc3n(Cc3ccc(F)cc3)c12. The average molecular weight is 391 g/mol. The molecule has 0 bridgehead atoms. The molecule has 2 heterocycles. The molecule has 0 atom stereocenters. The standard InChI is InChI=1S/C24H27FN4/c1-27(2)15-6-16-28(3)24-23-21(13-14-26-24)20-7-4-5-8-22(20)29(23)17-18-9-11-19(25)12-10-18/h4-5,7-14H,6,15-17H2,1-3H3. The molecular formula is C24H27FN4. The van der Waals surface area contributed by atoms with Gasteiger partial charge in [0.2, 0.25) is 0 Å². The summed E-state index contributed by atoms with van der Waals surface area (Å²) in [6.07, 6.45) is 2.97. The maximum atomic E-state index is 13.4. The van der Waals surface area contributed by atoms with Gasteiger partial charge in [-0.15, -0.1) is 0 Å². The third kappa shape index (κ3) is 3.96. The molecule has 4 nitrogen and oxygen atoms in total. The van der Waals surface area contributed by atoms with Crippen molar-refractivity contribution >= 4 is 27.6 Å². The lowest BCUT2D eigenvalue weighted by Crippen LogP contribution is -2.24. The Hall–Kier alpha value is -2.92. The third-order valence-corrected chi connectivity index (χ3v) is 5.37. The molecule has 0 aliphatic carbocycles. The molecule has 0 N–H and O–H groups in total. The van der Waals surface area contributed by atoms with Gasteiger partial charge in [0.1, 0.15) is 5.82 Å². The highest BCUT2D eigenvalue weighted by Gasteiger charge is 2.17. The van der Waals surface area contributed by atoms with Crippen LogP contribution in [0.15, 0.2) is 60.8 Å². The van der Waals surface area contributed by atoms with E-state index in [2.05, 4.69) is 65.8 Å². The zero-order chi connectivity index (χ0) is 20.4. The highest BCUT2D eigenvalue weighted by atomic mass is 19.1. The van der Waals surface area contributed by atoms with E-state index >= 15 is 0 Å². The number of hydrogen-bond donors (Lipinski definition) is 0. The van der Waals surface area contributed by atoms with Gasteiger partial charge in [0, 0.05) is 42.6 Å². The zero-order valence-electron chi connectivity index (χ0n) is 17.3. The van der Waals surface area contributed by atoms with Crippen molar-refractivity contribution in [2.75, 3.05) is 39.1 Å². The van der Waals surface area contributed by atoms with Gasteiger partial charge in [0.05, 0.1) is 5.52 Å². The Labute approximate surface area is 171 Å². The number of nitrogens with zero attached hydrogens (tertiary/aromatic N) is 4. The summed E-state index contributed by atoms with van der Waals surface area (Å²) in [5, 5.41) is 2.42. The second-order valence-corrected chi connectivity index (χ2v) is 7.84. The summed E-state index contributed by atoms with van der Waals surface area (Å²) in [7, 11) is 6.30. The number of benzene rings is 2. The lowest BCUT2D eigenvalue weighted by atomic mass is 10.2. The van der Waals surface area contributed by atoms with E-state index in [1.165, 1.54) is 28.4 Å². The van der Waals surface area contributed by atoms with Crippen LogP contribution >= 0.6 is 0 Å².